The minimum atomic E-state index is -4.91. The lowest BCUT2D eigenvalue weighted by molar-refractivity contribution is -0.182. The number of halogens is 5. The van der Waals surface area contributed by atoms with Gasteiger partial charge in [-0.2, -0.15) is 13.2 Å². The summed E-state index contributed by atoms with van der Waals surface area (Å²) in [4.78, 5) is 23.5. The summed E-state index contributed by atoms with van der Waals surface area (Å²) in [7, 11) is 0.816. The van der Waals surface area contributed by atoms with Gasteiger partial charge in [-0.25, -0.2) is 13.6 Å². The summed E-state index contributed by atoms with van der Waals surface area (Å²) in [5, 5.41) is 8.51. The highest BCUT2D eigenvalue weighted by atomic mass is 19.4. The molecule has 0 spiro atoms. The van der Waals surface area contributed by atoms with Gasteiger partial charge in [0, 0.05) is 33.0 Å². The molecule has 1 heterocycles. The number of nitrogens with zero attached hydrogens (tertiary/aromatic N) is 2. The van der Waals surface area contributed by atoms with E-state index in [1.54, 1.807) is 0 Å². The van der Waals surface area contributed by atoms with E-state index < -0.39 is 49.4 Å². The van der Waals surface area contributed by atoms with Crippen LogP contribution >= 0.6 is 0 Å². The van der Waals surface area contributed by atoms with Crippen molar-refractivity contribution in [2.45, 2.75) is 37.4 Å². The number of carbonyl (C=O) groups excluding carboxylic acids is 1. The van der Waals surface area contributed by atoms with Gasteiger partial charge in [0.15, 0.2) is 0 Å². The van der Waals surface area contributed by atoms with Gasteiger partial charge in [-0.1, -0.05) is 0 Å². The second-order valence-corrected chi connectivity index (χ2v) is 4.89. The number of urea groups is 1. The number of aliphatic carboxylic acids is 1. The van der Waals surface area contributed by atoms with Gasteiger partial charge in [0.05, 0.1) is 6.42 Å². The third kappa shape index (κ3) is 4.71. The standard InChI is InChI=1S/C11H15F5N2O3/c1-17(7(6-8(19)20)11(14,15)16)9(21)18-4-2-10(12,13)3-5-18/h7H,2-6H2,1H3,(H,19,20). The number of alkyl halides is 5. The first-order chi connectivity index (χ1) is 9.44. The van der Waals surface area contributed by atoms with Gasteiger partial charge >= 0.3 is 18.2 Å². The fourth-order valence-corrected chi connectivity index (χ4v) is 2.02. The second-order valence-electron chi connectivity index (χ2n) is 4.89. The molecule has 122 valence electrons. The smallest absolute Gasteiger partial charge is 0.409 e. The maximum atomic E-state index is 13.0. The molecule has 0 aromatic heterocycles. The van der Waals surface area contributed by atoms with Crippen LogP contribution in [0.15, 0.2) is 0 Å². The average molecular weight is 318 g/mol. The number of carboxylic acid groups (broad SMARTS) is 1. The monoisotopic (exact) mass is 318 g/mol. The average Bonchev–Trinajstić information content (AvgIpc) is 2.33. The maximum Gasteiger partial charge on any atom is 0.409 e. The van der Waals surface area contributed by atoms with Crippen LogP contribution in [0.4, 0.5) is 26.7 Å². The summed E-state index contributed by atoms with van der Waals surface area (Å²) in [5.41, 5.74) is 0. The van der Waals surface area contributed by atoms with Crippen LogP contribution < -0.4 is 0 Å². The number of hydrogen-bond donors (Lipinski definition) is 1. The Bertz CT molecular complexity index is 403. The molecule has 0 aromatic rings. The molecule has 1 saturated heterocycles. The van der Waals surface area contributed by atoms with Crippen LogP contribution in [0.25, 0.3) is 0 Å². The van der Waals surface area contributed by atoms with Crippen LogP contribution in [-0.2, 0) is 4.79 Å². The van der Waals surface area contributed by atoms with Crippen LogP contribution in [0, 0.1) is 0 Å². The van der Waals surface area contributed by atoms with Gasteiger partial charge in [-0.3, -0.25) is 4.79 Å². The lowest BCUT2D eigenvalue weighted by Crippen LogP contribution is -2.54. The highest BCUT2D eigenvalue weighted by molar-refractivity contribution is 5.76. The van der Waals surface area contributed by atoms with Crippen LogP contribution in [0.1, 0.15) is 19.3 Å². The number of hydrogen-bond acceptors (Lipinski definition) is 2. The van der Waals surface area contributed by atoms with Gasteiger partial charge in [0.2, 0.25) is 0 Å². The predicted molar refractivity (Wildman–Crippen MR) is 61.0 cm³/mol. The minimum absolute atomic E-state index is 0.248. The maximum absolute atomic E-state index is 13.0. The summed E-state index contributed by atoms with van der Waals surface area (Å²) in [6.45, 7) is -0.734. The summed E-state index contributed by atoms with van der Waals surface area (Å²) in [6.07, 6.45) is -7.46. The molecule has 1 aliphatic rings. The first kappa shape index (κ1) is 17.4. The molecular formula is C11H15F5N2O3. The number of likely N-dealkylation sites (tertiary alicyclic amines) is 1. The second kappa shape index (κ2) is 6.02. The number of amides is 2. The van der Waals surface area contributed by atoms with Crippen molar-refractivity contribution in [3.8, 4) is 0 Å². The highest BCUT2D eigenvalue weighted by Gasteiger charge is 2.47. The molecule has 5 nitrogen and oxygen atoms in total. The van der Waals surface area contributed by atoms with Gasteiger partial charge in [-0.05, 0) is 0 Å². The number of carboxylic acids is 1. The Balaban J connectivity index is 2.77. The third-order valence-electron chi connectivity index (χ3n) is 3.28. The Morgan fingerprint density at radius 2 is 1.76 bits per heavy atom. The molecule has 0 saturated carbocycles. The van der Waals surface area contributed by atoms with E-state index in [-0.39, 0.29) is 18.0 Å². The lowest BCUT2D eigenvalue weighted by Gasteiger charge is -2.37. The van der Waals surface area contributed by atoms with E-state index in [1.165, 1.54) is 0 Å². The predicted octanol–water partition coefficient (Wildman–Crippen LogP) is 2.17. The zero-order valence-electron chi connectivity index (χ0n) is 11.2. The molecule has 1 N–H and O–H groups in total. The Kier molecular flexibility index (Phi) is 5.00. The first-order valence-electron chi connectivity index (χ1n) is 6.12. The lowest BCUT2D eigenvalue weighted by atomic mass is 10.1. The Labute approximate surface area is 117 Å². The topological polar surface area (TPSA) is 60.9 Å². The van der Waals surface area contributed by atoms with E-state index in [2.05, 4.69) is 0 Å². The van der Waals surface area contributed by atoms with Crippen molar-refractivity contribution in [3.05, 3.63) is 0 Å². The van der Waals surface area contributed by atoms with Crippen molar-refractivity contribution in [1.82, 2.24) is 9.80 Å². The molecule has 0 aromatic carbocycles. The molecule has 10 heteroatoms. The third-order valence-corrected chi connectivity index (χ3v) is 3.28. The van der Waals surface area contributed by atoms with Crippen molar-refractivity contribution in [1.29, 1.82) is 0 Å². The zero-order chi connectivity index (χ0) is 16.4. The van der Waals surface area contributed by atoms with E-state index in [9.17, 15) is 31.5 Å². The van der Waals surface area contributed by atoms with Crippen LogP contribution in [0.5, 0.6) is 0 Å². The summed E-state index contributed by atoms with van der Waals surface area (Å²) in [6, 6.07) is -3.60. The van der Waals surface area contributed by atoms with E-state index in [4.69, 9.17) is 5.11 Å². The molecule has 0 radical (unpaired) electrons. The van der Waals surface area contributed by atoms with Gasteiger partial charge in [-0.15, -0.1) is 0 Å². The molecule has 2 amide bonds. The Hall–Kier alpha value is -1.61. The fourth-order valence-electron chi connectivity index (χ4n) is 2.02. The quantitative estimate of drug-likeness (QED) is 0.811. The summed E-state index contributed by atoms with van der Waals surface area (Å²) in [5.74, 6) is -4.64. The van der Waals surface area contributed by atoms with Gasteiger partial charge in [0.25, 0.3) is 5.92 Å². The van der Waals surface area contributed by atoms with Crippen molar-refractivity contribution in [2.24, 2.45) is 0 Å². The van der Waals surface area contributed by atoms with E-state index in [0.29, 0.717) is 0 Å². The minimum Gasteiger partial charge on any atom is -0.481 e. The Morgan fingerprint density at radius 3 is 2.14 bits per heavy atom. The number of rotatable bonds is 3. The van der Waals surface area contributed by atoms with Crippen molar-refractivity contribution in [2.75, 3.05) is 20.1 Å². The number of piperidine rings is 1. The molecule has 1 rings (SSSR count). The molecule has 21 heavy (non-hydrogen) atoms. The van der Waals surface area contributed by atoms with Crippen molar-refractivity contribution >= 4 is 12.0 Å². The van der Waals surface area contributed by atoms with Gasteiger partial charge in [0.1, 0.15) is 6.04 Å². The highest BCUT2D eigenvalue weighted by Crippen LogP contribution is 2.30. The summed E-state index contributed by atoms with van der Waals surface area (Å²) < 4.78 is 64.3. The first-order valence-corrected chi connectivity index (χ1v) is 6.12. The molecule has 0 bridgehead atoms. The van der Waals surface area contributed by atoms with Crippen LogP contribution in [0.3, 0.4) is 0 Å². The molecule has 1 fully saturated rings. The molecule has 1 aliphatic heterocycles. The molecule has 1 unspecified atom stereocenters. The fraction of sp³-hybridized carbons (Fsp3) is 0.818. The van der Waals surface area contributed by atoms with E-state index >= 15 is 0 Å². The largest absolute Gasteiger partial charge is 0.481 e. The van der Waals surface area contributed by atoms with E-state index in [0.717, 1.165) is 11.9 Å². The summed E-state index contributed by atoms with van der Waals surface area (Å²) >= 11 is 0. The van der Waals surface area contributed by atoms with Crippen molar-refractivity contribution < 1.29 is 36.6 Å². The molecule has 0 aliphatic carbocycles. The van der Waals surface area contributed by atoms with Crippen molar-refractivity contribution in [3.63, 3.8) is 0 Å². The molecular weight excluding hydrogens is 303 g/mol. The Morgan fingerprint density at radius 1 is 1.29 bits per heavy atom. The normalized spacial score (nSPS) is 20.0. The van der Waals surface area contributed by atoms with Crippen LogP contribution in [-0.4, -0.2) is 65.2 Å². The SMILES string of the molecule is CN(C(=O)N1CCC(F)(F)CC1)C(CC(=O)O)C(F)(F)F. The molecule has 1 atom stereocenters. The number of carbonyl (C=O) groups is 2. The van der Waals surface area contributed by atoms with Gasteiger partial charge < -0.3 is 14.9 Å². The van der Waals surface area contributed by atoms with E-state index in [1.807, 2.05) is 0 Å². The van der Waals surface area contributed by atoms with Crippen LogP contribution in [0.2, 0.25) is 0 Å². The zero-order valence-corrected chi connectivity index (χ0v) is 11.2.